The molecule has 0 amide bonds. The quantitative estimate of drug-likeness (QED) is 0.829. The molecule has 2 N–H and O–H groups in total. The average molecular weight is 374 g/mol. The van der Waals surface area contributed by atoms with Crippen molar-refractivity contribution in [3.05, 3.63) is 47.4 Å². The number of nitrogens with zero attached hydrogens (tertiary/aromatic N) is 3. The fourth-order valence-electron chi connectivity index (χ4n) is 3.81. The first kappa shape index (κ1) is 17.2. The molecule has 1 aromatic heterocycles. The second-order valence-electron chi connectivity index (χ2n) is 7.24. The molecule has 3 heterocycles. The van der Waals surface area contributed by atoms with Crippen LogP contribution in [0.25, 0.3) is 0 Å². The standard InChI is InChI=1S/C19H24ClN5O/c1-13(2)26-17-10-21-12-22-18(17)24-14-8-15(20)16-9-23-19(25(16)11-14)6-4-3-5-7-19/h8-13,23H,3-7H2,1-2H3,(H,21,22,24). The highest BCUT2D eigenvalue weighted by molar-refractivity contribution is 6.32. The molecule has 4 rings (SSSR count). The van der Waals surface area contributed by atoms with E-state index in [1.54, 1.807) is 6.20 Å². The highest BCUT2D eigenvalue weighted by atomic mass is 35.5. The van der Waals surface area contributed by atoms with E-state index in [0.29, 0.717) is 16.6 Å². The number of fused-ring (bicyclic) bond motifs is 2. The second-order valence-corrected chi connectivity index (χ2v) is 7.65. The van der Waals surface area contributed by atoms with Crippen molar-refractivity contribution >= 4 is 17.4 Å². The molecule has 0 radical (unpaired) electrons. The summed E-state index contributed by atoms with van der Waals surface area (Å²) in [4.78, 5) is 10.7. The Morgan fingerprint density at radius 3 is 2.88 bits per heavy atom. The van der Waals surface area contributed by atoms with Crippen molar-refractivity contribution in [3.8, 4) is 5.75 Å². The van der Waals surface area contributed by atoms with Crippen LogP contribution in [0.4, 0.5) is 5.82 Å². The Morgan fingerprint density at radius 1 is 1.31 bits per heavy atom. The largest absolute Gasteiger partial charge is 0.485 e. The summed E-state index contributed by atoms with van der Waals surface area (Å²) in [5.74, 6) is 1.26. The number of hydrogen-bond acceptors (Lipinski definition) is 6. The third kappa shape index (κ3) is 3.14. The molecule has 1 aromatic rings. The zero-order valence-corrected chi connectivity index (χ0v) is 15.9. The lowest BCUT2D eigenvalue weighted by atomic mass is 9.88. The molecule has 0 aromatic carbocycles. The maximum absolute atomic E-state index is 6.57. The third-order valence-electron chi connectivity index (χ3n) is 4.98. The fourth-order valence-corrected chi connectivity index (χ4v) is 4.08. The van der Waals surface area contributed by atoms with E-state index in [4.69, 9.17) is 16.3 Å². The molecular weight excluding hydrogens is 350 g/mol. The molecular formula is C19H24ClN5O. The Morgan fingerprint density at radius 2 is 2.12 bits per heavy atom. The molecule has 7 heteroatoms. The lowest BCUT2D eigenvalue weighted by molar-refractivity contribution is 0.126. The van der Waals surface area contributed by atoms with Crippen LogP contribution in [0.3, 0.4) is 0 Å². The van der Waals surface area contributed by atoms with Crippen molar-refractivity contribution in [1.82, 2.24) is 20.2 Å². The third-order valence-corrected chi connectivity index (χ3v) is 5.28. The summed E-state index contributed by atoms with van der Waals surface area (Å²) in [6.45, 7) is 3.96. The van der Waals surface area contributed by atoms with Gasteiger partial charge in [-0.05, 0) is 45.6 Å². The maximum Gasteiger partial charge on any atom is 0.180 e. The summed E-state index contributed by atoms with van der Waals surface area (Å²) in [6.07, 6.45) is 15.3. The predicted octanol–water partition coefficient (Wildman–Crippen LogP) is 4.06. The molecule has 1 saturated carbocycles. The summed E-state index contributed by atoms with van der Waals surface area (Å²) in [6, 6.07) is 0. The molecule has 1 fully saturated rings. The van der Waals surface area contributed by atoms with Gasteiger partial charge in [-0.1, -0.05) is 18.0 Å². The van der Waals surface area contributed by atoms with E-state index in [1.807, 2.05) is 26.1 Å². The first-order chi connectivity index (χ1) is 12.6. The Kier molecular flexibility index (Phi) is 4.53. The SMILES string of the molecule is CC(C)Oc1cncnc1NC1=CN2C(=CNC23CCCCC3)C(Cl)=C1. The van der Waals surface area contributed by atoms with Crippen LogP contribution in [0, 0.1) is 0 Å². The summed E-state index contributed by atoms with van der Waals surface area (Å²) in [7, 11) is 0. The van der Waals surface area contributed by atoms with E-state index < -0.39 is 0 Å². The van der Waals surface area contributed by atoms with Crippen molar-refractivity contribution in [1.29, 1.82) is 0 Å². The smallest absolute Gasteiger partial charge is 0.180 e. The Bertz CT molecular complexity index is 780. The van der Waals surface area contributed by atoms with Crippen molar-refractivity contribution in [2.45, 2.75) is 57.7 Å². The van der Waals surface area contributed by atoms with Crippen LogP contribution in [0.2, 0.25) is 0 Å². The zero-order valence-electron chi connectivity index (χ0n) is 15.1. The van der Waals surface area contributed by atoms with Crippen molar-refractivity contribution in [2.24, 2.45) is 0 Å². The topological polar surface area (TPSA) is 62.3 Å². The maximum atomic E-state index is 6.57. The zero-order chi connectivity index (χ0) is 18.1. The van der Waals surface area contributed by atoms with Crippen LogP contribution in [0.15, 0.2) is 47.4 Å². The molecule has 0 bridgehead atoms. The van der Waals surface area contributed by atoms with Gasteiger partial charge in [0.2, 0.25) is 0 Å². The van der Waals surface area contributed by atoms with Crippen LogP contribution in [-0.4, -0.2) is 26.6 Å². The van der Waals surface area contributed by atoms with Gasteiger partial charge in [-0.15, -0.1) is 0 Å². The summed E-state index contributed by atoms with van der Waals surface area (Å²) in [5, 5.41) is 7.64. The summed E-state index contributed by atoms with van der Waals surface area (Å²) in [5.41, 5.74) is 1.85. The van der Waals surface area contributed by atoms with Gasteiger partial charge in [0, 0.05) is 12.4 Å². The Hall–Kier alpha value is -2.21. The van der Waals surface area contributed by atoms with E-state index >= 15 is 0 Å². The van der Waals surface area contributed by atoms with Gasteiger partial charge < -0.3 is 20.3 Å². The molecule has 0 atom stereocenters. The molecule has 1 spiro atoms. The van der Waals surface area contributed by atoms with Gasteiger partial charge >= 0.3 is 0 Å². The van der Waals surface area contributed by atoms with Crippen molar-refractivity contribution in [2.75, 3.05) is 5.32 Å². The van der Waals surface area contributed by atoms with Gasteiger partial charge in [0.1, 0.15) is 12.0 Å². The van der Waals surface area contributed by atoms with Gasteiger partial charge in [0.05, 0.1) is 28.7 Å². The first-order valence-electron chi connectivity index (χ1n) is 9.18. The molecule has 3 aliphatic rings. The number of ether oxygens (including phenoxy) is 1. The molecule has 6 nitrogen and oxygen atoms in total. The van der Waals surface area contributed by atoms with E-state index in [2.05, 4.69) is 31.7 Å². The van der Waals surface area contributed by atoms with E-state index in [-0.39, 0.29) is 11.8 Å². The minimum atomic E-state index is -0.0577. The number of aromatic nitrogens is 2. The number of anilines is 1. The number of hydrogen-bond donors (Lipinski definition) is 2. The summed E-state index contributed by atoms with van der Waals surface area (Å²) >= 11 is 6.57. The minimum Gasteiger partial charge on any atom is -0.485 e. The number of nitrogens with one attached hydrogen (secondary N) is 2. The molecule has 138 valence electrons. The van der Waals surface area contributed by atoms with Crippen LogP contribution in [0.1, 0.15) is 46.0 Å². The van der Waals surface area contributed by atoms with Crippen LogP contribution >= 0.6 is 11.6 Å². The number of allylic oxidation sites excluding steroid dienone is 2. The van der Waals surface area contributed by atoms with Gasteiger partial charge in [0.15, 0.2) is 11.6 Å². The highest BCUT2D eigenvalue weighted by Gasteiger charge is 2.43. The fraction of sp³-hybridized carbons (Fsp3) is 0.474. The van der Waals surface area contributed by atoms with Gasteiger partial charge in [-0.3, -0.25) is 0 Å². The van der Waals surface area contributed by atoms with Crippen molar-refractivity contribution < 1.29 is 4.74 Å². The van der Waals surface area contributed by atoms with Crippen LogP contribution in [-0.2, 0) is 0 Å². The molecule has 0 saturated heterocycles. The highest BCUT2D eigenvalue weighted by Crippen LogP contribution is 2.42. The molecule has 1 aliphatic carbocycles. The van der Waals surface area contributed by atoms with Gasteiger partial charge in [0.25, 0.3) is 0 Å². The lowest BCUT2D eigenvalue weighted by Gasteiger charge is -2.43. The number of rotatable bonds is 4. The monoisotopic (exact) mass is 373 g/mol. The van der Waals surface area contributed by atoms with E-state index in [1.165, 1.54) is 25.6 Å². The lowest BCUT2D eigenvalue weighted by Crippen LogP contribution is -2.51. The Labute approximate surface area is 159 Å². The second kappa shape index (κ2) is 6.83. The van der Waals surface area contributed by atoms with Gasteiger partial charge in [-0.25, -0.2) is 9.97 Å². The van der Waals surface area contributed by atoms with Crippen molar-refractivity contribution in [3.63, 3.8) is 0 Å². The Balaban J connectivity index is 1.61. The van der Waals surface area contributed by atoms with Crippen LogP contribution < -0.4 is 15.4 Å². The summed E-state index contributed by atoms with van der Waals surface area (Å²) < 4.78 is 5.80. The van der Waals surface area contributed by atoms with E-state index in [0.717, 1.165) is 24.2 Å². The number of halogens is 1. The van der Waals surface area contributed by atoms with Gasteiger partial charge in [-0.2, -0.15) is 0 Å². The molecule has 2 aliphatic heterocycles. The predicted molar refractivity (Wildman–Crippen MR) is 102 cm³/mol. The van der Waals surface area contributed by atoms with E-state index in [9.17, 15) is 0 Å². The first-order valence-corrected chi connectivity index (χ1v) is 9.55. The molecule has 0 unspecified atom stereocenters. The van der Waals surface area contributed by atoms with Crippen LogP contribution in [0.5, 0.6) is 5.75 Å². The molecule has 26 heavy (non-hydrogen) atoms. The normalized spacial score (nSPS) is 20.9. The minimum absolute atomic E-state index is 0.0452. The average Bonchev–Trinajstić information content (AvgIpc) is 2.96.